The molecule has 1 heterocycles. The van der Waals surface area contributed by atoms with E-state index >= 15 is 0 Å². The Bertz CT molecular complexity index is 1010. The van der Waals surface area contributed by atoms with Gasteiger partial charge in [0.1, 0.15) is 4.32 Å². The molecule has 1 saturated heterocycles. The number of benzene rings is 2. The molecule has 0 bridgehead atoms. The molecule has 0 aliphatic carbocycles. The summed E-state index contributed by atoms with van der Waals surface area (Å²) < 4.78 is 11.7. The lowest BCUT2D eigenvalue weighted by Crippen LogP contribution is -2.30. The summed E-state index contributed by atoms with van der Waals surface area (Å²) in [6.07, 6.45) is 1.68. The Labute approximate surface area is 190 Å². The molecule has 1 N–H and O–H groups in total. The Hall–Kier alpha value is -2.84. The fraction of sp³-hybridized carbons (Fsp3) is 0.261. The maximum Gasteiger partial charge on any atom is 0.306 e. The molecule has 0 saturated carbocycles. The van der Waals surface area contributed by atoms with Crippen molar-refractivity contribution in [3.8, 4) is 11.5 Å². The van der Waals surface area contributed by atoms with Gasteiger partial charge in [-0.25, -0.2) is 0 Å². The first-order chi connectivity index (χ1) is 14.9. The van der Waals surface area contributed by atoms with Gasteiger partial charge in [0.15, 0.2) is 11.5 Å². The first-order valence-corrected chi connectivity index (χ1v) is 11.1. The normalized spacial score (nSPS) is 15.9. The van der Waals surface area contributed by atoms with E-state index in [1.807, 2.05) is 44.2 Å². The van der Waals surface area contributed by atoms with Crippen LogP contribution >= 0.6 is 24.0 Å². The number of carboxylic acids is 1. The Kier molecular flexibility index (Phi) is 7.70. The number of hydrogen-bond donors (Lipinski definition) is 1. The van der Waals surface area contributed by atoms with Gasteiger partial charge < -0.3 is 14.6 Å². The van der Waals surface area contributed by atoms with Crippen molar-refractivity contribution in [1.82, 2.24) is 4.90 Å². The van der Waals surface area contributed by atoms with Crippen LogP contribution in [0.3, 0.4) is 0 Å². The minimum absolute atomic E-state index is 0.0464. The second-order valence-corrected chi connectivity index (χ2v) is 8.45. The molecule has 0 spiro atoms. The third-order valence-corrected chi connectivity index (χ3v) is 5.96. The van der Waals surface area contributed by atoms with Crippen molar-refractivity contribution < 1.29 is 24.2 Å². The minimum Gasteiger partial charge on any atom is -0.490 e. The Morgan fingerprint density at radius 2 is 1.94 bits per heavy atom. The smallest absolute Gasteiger partial charge is 0.306 e. The van der Waals surface area contributed by atoms with Crippen molar-refractivity contribution in [2.75, 3.05) is 13.2 Å². The van der Waals surface area contributed by atoms with E-state index in [0.29, 0.717) is 27.3 Å². The van der Waals surface area contributed by atoms with Gasteiger partial charge in [-0.15, -0.1) is 0 Å². The van der Waals surface area contributed by atoms with Crippen molar-refractivity contribution in [2.45, 2.75) is 26.3 Å². The monoisotopic (exact) mass is 457 g/mol. The fourth-order valence-electron chi connectivity index (χ4n) is 3.10. The lowest BCUT2D eigenvalue weighted by Gasteiger charge is -2.23. The van der Waals surface area contributed by atoms with Crippen LogP contribution in [0.5, 0.6) is 11.5 Å². The van der Waals surface area contributed by atoms with E-state index in [4.69, 9.17) is 26.8 Å². The van der Waals surface area contributed by atoms with Crippen molar-refractivity contribution in [2.24, 2.45) is 0 Å². The van der Waals surface area contributed by atoms with Crippen molar-refractivity contribution in [3.63, 3.8) is 0 Å². The molecule has 1 unspecified atom stereocenters. The first-order valence-electron chi connectivity index (χ1n) is 9.84. The van der Waals surface area contributed by atoms with Crippen LogP contribution in [0.25, 0.3) is 6.08 Å². The second-order valence-electron chi connectivity index (χ2n) is 6.77. The summed E-state index contributed by atoms with van der Waals surface area (Å²) in [5.41, 5.74) is 1.78. The average molecular weight is 458 g/mol. The largest absolute Gasteiger partial charge is 0.490 e. The third-order valence-electron chi connectivity index (χ3n) is 4.63. The van der Waals surface area contributed by atoms with Crippen LogP contribution in [0.15, 0.2) is 53.4 Å². The summed E-state index contributed by atoms with van der Waals surface area (Å²) in [6, 6.07) is 14.9. The van der Waals surface area contributed by atoms with E-state index in [2.05, 4.69) is 0 Å². The molecule has 1 aliphatic heterocycles. The van der Waals surface area contributed by atoms with Crippen molar-refractivity contribution in [1.29, 1.82) is 0 Å². The van der Waals surface area contributed by atoms with Gasteiger partial charge >= 0.3 is 5.97 Å². The van der Waals surface area contributed by atoms with Gasteiger partial charge in [0, 0.05) is 0 Å². The SMILES string of the molecule is CCOc1cc(/C=C2/SC(=S)N(C(C)c3ccccc3)C2=O)ccc1OCCC(=O)O. The summed E-state index contributed by atoms with van der Waals surface area (Å²) in [5.74, 6) is -0.104. The van der Waals surface area contributed by atoms with Crippen LogP contribution in [0.2, 0.25) is 0 Å². The number of thiocarbonyl (C=S) groups is 1. The summed E-state index contributed by atoms with van der Waals surface area (Å²) >= 11 is 6.75. The number of rotatable bonds is 9. The minimum atomic E-state index is -0.929. The Balaban J connectivity index is 1.80. The number of amides is 1. The van der Waals surface area contributed by atoms with E-state index < -0.39 is 5.97 Å². The highest BCUT2D eigenvalue weighted by molar-refractivity contribution is 8.26. The molecule has 0 radical (unpaired) electrons. The van der Waals surface area contributed by atoms with E-state index in [9.17, 15) is 9.59 Å². The third kappa shape index (κ3) is 5.65. The quantitative estimate of drug-likeness (QED) is 0.424. The highest BCUT2D eigenvalue weighted by Crippen LogP contribution is 2.39. The van der Waals surface area contributed by atoms with Gasteiger partial charge in [0.2, 0.25) is 0 Å². The molecule has 3 rings (SSSR count). The summed E-state index contributed by atoms with van der Waals surface area (Å²) in [7, 11) is 0. The molecule has 1 aliphatic rings. The highest BCUT2D eigenvalue weighted by atomic mass is 32.2. The molecular formula is C23H23NO5S2. The number of carboxylic acid groups (broad SMARTS) is 1. The molecular weight excluding hydrogens is 434 g/mol. The van der Waals surface area contributed by atoms with Crippen molar-refractivity contribution >= 4 is 46.3 Å². The number of thioether (sulfide) groups is 1. The summed E-state index contributed by atoms with van der Waals surface area (Å²) in [4.78, 5) is 25.9. The van der Waals surface area contributed by atoms with Gasteiger partial charge in [-0.3, -0.25) is 14.5 Å². The zero-order chi connectivity index (χ0) is 22.4. The summed E-state index contributed by atoms with van der Waals surface area (Å²) in [5, 5.41) is 8.78. The highest BCUT2D eigenvalue weighted by Gasteiger charge is 2.35. The van der Waals surface area contributed by atoms with Gasteiger partial charge in [-0.2, -0.15) is 0 Å². The number of carbonyl (C=O) groups excluding carboxylic acids is 1. The molecule has 1 atom stereocenters. The lowest BCUT2D eigenvalue weighted by atomic mass is 10.1. The van der Waals surface area contributed by atoms with E-state index in [-0.39, 0.29) is 25.0 Å². The fourth-order valence-corrected chi connectivity index (χ4v) is 4.51. The van der Waals surface area contributed by atoms with Gasteiger partial charge in [-0.05, 0) is 43.2 Å². The van der Waals surface area contributed by atoms with Crippen LogP contribution in [0, 0.1) is 0 Å². The lowest BCUT2D eigenvalue weighted by molar-refractivity contribution is -0.137. The number of nitrogens with zero attached hydrogens (tertiary/aromatic N) is 1. The Morgan fingerprint density at radius 3 is 2.61 bits per heavy atom. The van der Waals surface area contributed by atoms with Crippen LogP contribution in [-0.4, -0.2) is 39.4 Å². The molecule has 8 heteroatoms. The second kappa shape index (κ2) is 10.5. The number of ether oxygens (including phenoxy) is 2. The summed E-state index contributed by atoms with van der Waals surface area (Å²) in [6.45, 7) is 4.28. The van der Waals surface area contributed by atoms with Gasteiger partial charge in [-0.1, -0.05) is 60.4 Å². The van der Waals surface area contributed by atoms with Gasteiger partial charge in [0.25, 0.3) is 5.91 Å². The molecule has 2 aromatic carbocycles. The van der Waals surface area contributed by atoms with E-state index in [1.54, 1.807) is 29.2 Å². The van der Waals surface area contributed by atoms with Gasteiger partial charge in [0.05, 0.1) is 30.6 Å². The molecule has 31 heavy (non-hydrogen) atoms. The number of carbonyl (C=O) groups is 2. The molecule has 1 amide bonds. The Morgan fingerprint density at radius 1 is 1.19 bits per heavy atom. The zero-order valence-corrected chi connectivity index (χ0v) is 18.9. The predicted molar refractivity (Wildman–Crippen MR) is 125 cm³/mol. The molecule has 6 nitrogen and oxygen atoms in total. The number of aliphatic carboxylic acids is 1. The van der Waals surface area contributed by atoms with Crippen molar-refractivity contribution in [3.05, 3.63) is 64.6 Å². The van der Waals surface area contributed by atoms with Crippen LogP contribution in [-0.2, 0) is 9.59 Å². The first kappa shape index (κ1) is 22.8. The molecule has 162 valence electrons. The van der Waals surface area contributed by atoms with E-state index in [1.165, 1.54) is 11.8 Å². The maximum atomic E-state index is 13.1. The topological polar surface area (TPSA) is 76.1 Å². The maximum absolute atomic E-state index is 13.1. The van der Waals surface area contributed by atoms with Crippen LogP contribution in [0.4, 0.5) is 0 Å². The average Bonchev–Trinajstić information content (AvgIpc) is 3.02. The van der Waals surface area contributed by atoms with Crippen LogP contribution < -0.4 is 9.47 Å². The van der Waals surface area contributed by atoms with Crippen LogP contribution in [0.1, 0.15) is 37.4 Å². The molecule has 0 aromatic heterocycles. The molecule has 1 fully saturated rings. The standard InChI is InChI=1S/C23H23NO5S2/c1-3-28-19-13-16(9-10-18(19)29-12-11-21(25)26)14-20-22(27)24(23(30)31-20)15(2)17-7-5-4-6-8-17/h4-10,13-15H,3,11-12H2,1-2H3,(H,25,26)/b20-14+. The van der Waals surface area contributed by atoms with E-state index in [0.717, 1.165) is 11.1 Å². The predicted octanol–water partition coefficient (Wildman–Crippen LogP) is 4.90. The number of hydrogen-bond acceptors (Lipinski definition) is 6. The molecule has 2 aromatic rings. The zero-order valence-electron chi connectivity index (χ0n) is 17.2.